The first kappa shape index (κ1) is 18.9. The van der Waals surface area contributed by atoms with Gasteiger partial charge in [0, 0.05) is 33.8 Å². The van der Waals surface area contributed by atoms with Crippen LogP contribution in [0.4, 0.5) is 0 Å². The molecule has 24 heavy (non-hydrogen) atoms. The monoisotopic (exact) mass is 385 g/mol. The van der Waals surface area contributed by atoms with E-state index in [0.717, 1.165) is 46.6 Å². The zero-order valence-corrected chi connectivity index (χ0v) is 15.5. The number of furan rings is 1. The lowest BCUT2D eigenvalue weighted by atomic mass is 10.0. The predicted octanol–water partition coefficient (Wildman–Crippen LogP) is 1.13. The summed E-state index contributed by atoms with van der Waals surface area (Å²) in [4.78, 5) is 0. The van der Waals surface area contributed by atoms with Gasteiger partial charge >= 0.3 is 0 Å². The van der Waals surface area contributed by atoms with Gasteiger partial charge in [0.15, 0.2) is 0 Å². The number of hydrogen-bond donors (Lipinski definition) is 1. The molecule has 6 heteroatoms. The summed E-state index contributed by atoms with van der Waals surface area (Å²) in [6, 6.07) is 11.4. The molecule has 0 fully saturated rings. The lowest BCUT2D eigenvalue weighted by Crippen LogP contribution is -3.00. The van der Waals surface area contributed by atoms with Crippen LogP contribution in [0.1, 0.15) is 16.9 Å². The van der Waals surface area contributed by atoms with Crippen LogP contribution in [0, 0.1) is 0 Å². The van der Waals surface area contributed by atoms with Crippen molar-refractivity contribution >= 4 is 34.2 Å². The van der Waals surface area contributed by atoms with Crippen molar-refractivity contribution < 1.29 is 27.3 Å². The molecule has 0 aliphatic heterocycles. The highest BCUT2D eigenvalue weighted by atomic mass is 35.5. The lowest BCUT2D eigenvalue weighted by Gasteiger charge is -2.06. The smallest absolute Gasteiger partial charge is 0.134 e. The molecule has 0 unspecified atom stereocenters. The Morgan fingerprint density at radius 3 is 2.42 bits per heavy atom. The van der Waals surface area contributed by atoms with Crippen LogP contribution < -0.4 is 22.9 Å². The Morgan fingerprint density at radius 1 is 1.08 bits per heavy atom. The molecular formula is C18H18Cl3NO2. The fourth-order valence-corrected chi connectivity index (χ4v) is 3.29. The number of benzene rings is 2. The molecule has 0 saturated carbocycles. The Morgan fingerprint density at radius 2 is 1.79 bits per heavy atom. The third-order valence-corrected chi connectivity index (χ3v) is 4.62. The molecule has 1 aromatic heterocycles. The van der Waals surface area contributed by atoms with E-state index in [1.54, 1.807) is 7.11 Å². The Bertz CT molecular complexity index is 825. The Balaban J connectivity index is 0.00000208. The van der Waals surface area contributed by atoms with Crippen molar-refractivity contribution in [2.75, 3.05) is 13.7 Å². The highest BCUT2D eigenvalue weighted by Gasteiger charge is 2.17. The maximum Gasteiger partial charge on any atom is 0.134 e. The normalized spacial score (nSPS) is 10.7. The van der Waals surface area contributed by atoms with Gasteiger partial charge in [0.2, 0.25) is 0 Å². The maximum atomic E-state index is 6.30. The number of ether oxygens (including phenoxy) is 1. The van der Waals surface area contributed by atoms with Crippen LogP contribution in [-0.4, -0.2) is 13.7 Å². The van der Waals surface area contributed by atoms with Gasteiger partial charge in [0.25, 0.3) is 0 Å². The number of rotatable bonds is 5. The van der Waals surface area contributed by atoms with E-state index in [1.165, 1.54) is 0 Å². The van der Waals surface area contributed by atoms with Crippen LogP contribution in [0.15, 0.2) is 40.8 Å². The van der Waals surface area contributed by atoms with Gasteiger partial charge in [-0.25, -0.2) is 0 Å². The van der Waals surface area contributed by atoms with Gasteiger partial charge in [0.05, 0.1) is 13.7 Å². The standard InChI is InChI=1S/C18H17Cl2NO2.ClH/c1-22-11-5-6-17-13(9-11)12(7-8-21)18(23-17)10-14-15(19)3-2-4-16(14)20;/h2-6,9H,7-8,10,21H2,1H3;1H. The fourth-order valence-electron chi connectivity index (χ4n) is 2.76. The van der Waals surface area contributed by atoms with Gasteiger partial charge in [-0.05, 0) is 35.9 Å². The highest BCUT2D eigenvalue weighted by molar-refractivity contribution is 6.36. The Hall–Kier alpha value is -1.39. The van der Waals surface area contributed by atoms with E-state index in [4.69, 9.17) is 32.4 Å². The molecule has 0 bridgehead atoms. The quantitative estimate of drug-likeness (QED) is 0.714. The molecule has 2 aromatic carbocycles. The first-order valence-corrected chi connectivity index (χ1v) is 8.20. The summed E-state index contributed by atoms with van der Waals surface area (Å²) < 4.78 is 11.4. The van der Waals surface area contributed by atoms with Gasteiger partial charge < -0.3 is 27.3 Å². The van der Waals surface area contributed by atoms with E-state index in [9.17, 15) is 0 Å². The summed E-state index contributed by atoms with van der Waals surface area (Å²) in [5, 5.41) is 2.36. The second-order valence-corrected chi connectivity index (χ2v) is 6.16. The van der Waals surface area contributed by atoms with E-state index in [2.05, 4.69) is 5.73 Å². The minimum absolute atomic E-state index is 0. The second kappa shape index (κ2) is 8.13. The van der Waals surface area contributed by atoms with Crippen molar-refractivity contribution in [3.05, 3.63) is 63.3 Å². The number of halogens is 3. The van der Waals surface area contributed by atoms with Crippen LogP contribution in [0.3, 0.4) is 0 Å². The number of methoxy groups -OCH3 is 1. The van der Waals surface area contributed by atoms with Gasteiger partial charge in [-0.2, -0.15) is 0 Å². The third kappa shape index (κ3) is 3.65. The maximum absolute atomic E-state index is 6.30. The average Bonchev–Trinajstić information content (AvgIpc) is 2.88. The topological polar surface area (TPSA) is 50.0 Å². The average molecular weight is 387 g/mol. The summed E-state index contributed by atoms with van der Waals surface area (Å²) in [7, 11) is 1.66. The van der Waals surface area contributed by atoms with E-state index in [1.807, 2.05) is 36.4 Å². The largest absolute Gasteiger partial charge is 1.00 e. The molecule has 0 radical (unpaired) electrons. The molecule has 3 nitrogen and oxygen atoms in total. The van der Waals surface area contributed by atoms with Crippen molar-refractivity contribution in [1.29, 1.82) is 0 Å². The molecular weight excluding hydrogens is 369 g/mol. The van der Waals surface area contributed by atoms with E-state index in [-0.39, 0.29) is 12.4 Å². The summed E-state index contributed by atoms with van der Waals surface area (Å²) in [6.07, 6.45) is 1.39. The molecule has 1 heterocycles. The lowest BCUT2D eigenvalue weighted by molar-refractivity contribution is -0.366. The van der Waals surface area contributed by atoms with Crippen LogP contribution in [0.5, 0.6) is 5.75 Å². The van der Waals surface area contributed by atoms with Crippen LogP contribution in [-0.2, 0) is 12.8 Å². The fraction of sp³-hybridized carbons (Fsp3) is 0.222. The van der Waals surface area contributed by atoms with E-state index in [0.29, 0.717) is 16.5 Å². The van der Waals surface area contributed by atoms with Crippen LogP contribution in [0.2, 0.25) is 10.0 Å². The minimum atomic E-state index is 0. The summed E-state index contributed by atoms with van der Waals surface area (Å²) >= 11 is 12.6. The molecule has 0 amide bonds. The van der Waals surface area contributed by atoms with Gasteiger partial charge in [-0.3, -0.25) is 0 Å². The summed E-state index contributed by atoms with van der Waals surface area (Å²) in [5.74, 6) is 1.69. The van der Waals surface area contributed by atoms with Crippen molar-refractivity contribution in [1.82, 2.24) is 0 Å². The molecule has 3 N–H and O–H groups in total. The van der Waals surface area contributed by atoms with Crippen LogP contribution >= 0.6 is 23.2 Å². The molecule has 0 aliphatic rings. The molecule has 0 aliphatic carbocycles. The molecule has 3 aromatic rings. The first-order valence-electron chi connectivity index (χ1n) is 7.44. The third-order valence-electron chi connectivity index (χ3n) is 3.91. The zero-order chi connectivity index (χ0) is 16.4. The number of quaternary nitrogens is 1. The van der Waals surface area contributed by atoms with Crippen LogP contribution in [0.25, 0.3) is 11.0 Å². The highest BCUT2D eigenvalue weighted by Crippen LogP contribution is 2.34. The minimum Gasteiger partial charge on any atom is -1.00 e. The van der Waals surface area contributed by atoms with Crippen molar-refractivity contribution in [2.24, 2.45) is 0 Å². The first-order chi connectivity index (χ1) is 11.1. The zero-order valence-electron chi connectivity index (χ0n) is 13.2. The van der Waals surface area contributed by atoms with Crippen molar-refractivity contribution in [3.8, 4) is 5.75 Å². The van der Waals surface area contributed by atoms with Gasteiger partial charge in [0.1, 0.15) is 17.1 Å². The molecule has 0 spiro atoms. The number of hydrogen-bond acceptors (Lipinski definition) is 2. The van der Waals surface area contributed by atoms with E-state index < -0.39 is 0 Å². The van der Waals surface area contributed by atoms with E-state index >= 15 is 0 Å². The molecule has 0 atom stereocenters. The summed E-state index contributed by atoms with van der Waals surface area (Å²) in [6.45, 7) is 0.787. The second-order valence-electron chi connectivity index (χ2n) is 5.35. The van der Waals surface area contributed by atoms with Gasteiger partial charge in [-0.1, -0.05) is 29.3 Å². The molecule has 3 rings (SSSR count). The Labute approximate surface area is 157 Å². The van der Waals surface area contributed by atoms with Crippen molar-refractivity contribution in [2.45, 2.75) is 12.8 Å². The molecule has 0 saturated heterocycles. The van der Waals surface area contributed by atoms with Crippen molar-refractivity contribution in [3.63, 3.8) is 0 Å². The van der Waals surface area contributed by atoms with Gasteiger partial charge in [-0.15, -0.1) is 0 Å². The predicted molar refractivity (Wildman–Crippen MR) is 93.5 cm³/mol. The SMILES string of the molecule is COc1ccc2oc(Cc3c(Cl)cccc3Cl)c(CC[NH3+])c2c1.[Cl-]. The summed E-state index contributed by atoms with van der Waals surface area (Å²) in [5.41, 5.74) is 6.83. The Kier molecular flexibility index (Phi) is 6.41. The number of fused-ring (bicyclic) bond motifs is 1. The molecule has 128 valence electrons.